The van der Waals surface area contributed by atoms with Gasteiger partial charge in [0.05, 0.1) is 18.8 Å². The molecule has 2 saturated heterocycles. The minimum absolute atomic E-state index is 0.0595. The first kappa shape index (κ1) is 15.6. The summed E-state index contributed by atoms with van der Waals surface area (Å²) in [6, 6.07) is 0. The number of carbonyl (C=O) groups excluding carboxylic acids is 1. The average molecular weight is 280 g/mol. The summed E-state index contributed by atoms with van der Waals surface area (Å²) in [6.45, 7) is 9.34. The van der Waals surface area contributed by atoms with Crippen LogP contribution in [0.2, 0.25) is 0 Å². The zero-order valence-corrected chi connectivity index (χ0v) is 13.3. The molecule has 20 heavy (non-hydrogen) atoms. The zero-order valence-electron chi connectivity index (χ0n) is 13.3. The minimum Gasteiger partial charge on any atom is -0.465 e. The second-order valence-electron chi connectivity index (χ2n) is 7.04. The first-order valence-electron chi connectivity index (χ1n) is 7.78. The lowest BCUT2D eigenvalue weighted by molar-refractivity contribution is -0.224. The van der Waals surface area contributed by atoms with Crippen LogP contribution in [0.3, 0.4) is 0 Å². The lowest BCUT2D eigenvalue weighted by Gasteiger charge is -2.56. The third kappa shape index (κ3) is 3.25. The fraction of sp³-hybridized carbons (Fsp3) is 0.824. The molecular weight excluding hydrogens is 252 g/mol. The Morgan fingerprint density at radius 2 is 2.10 bits per heavy atom. The van der Waals surface area contributed by atoms with Crippen molar-refractivity contribution >= 4 is 5.97 Å². The molecule has 0 aromatic rings. The van der Waals surface area contributed by atoms with Crippen molar-refractivity contribution in [3.8, 4) is 0 Å². The maximum Gasteiger partial charge on any atom is 0.302 e. The van der Waals surface area contributed by atoms with Crippen LogP contribution < -0.4 is 0 Å². The molecule has 3 aliphatic rings. The second-order valence-corrected chi connectivity index (χ2v) is 7.04. The van der Waals surface area contributed by atoms with Gasteiger partial charge < -0.3 is 9.47 Å². The Kier molecular flexibility index (Phi) is 4.58. The number of rotatable bonds is 5. The second kappa shape index (κ2) is 5.88. The van der Waals surface area contributed by atoms with Gasteiger partial charge in [0.2, 0.25) is 0 Å². The Balaban J connectivity index is 1.95. The van der Waals surface area contributed by atoms with Crippen molar-refractivity contribution in [3.05, 3.63) is 11.6 Å². The van der Waals surface area contributed by atoms with Crippen LogP contribution in [0.15, 0.2) is 11.6 Å². The number of ether oxygens (including phenoxy) is 2. The zero-order chi connectivity index (χ0) is 14.8. The molecule has 0 spiro atoms. The molecule has 3 atom stereocenters. The van der Waals surface area contributed by atoms with Gasteiger partial charge in [0.25, 0.3) is 0 Å². The molecule has 0 aromatic heterocycles. The van der Waals surface area contributed by atoms with Gasteiger partial charge in [0.1, 0.15) is 0 Å². The summed E-state index contributed by atoms with van der Waals surface area (Å²) in [5, 5.41) is 0. The number of esters is 1. The maximum absolute atomic E-state index is 11.1. The van der Waals surface area contributed by atoms with Crippen molar-refractivity contribution in [3.63, 3.8) is 0 Å². The van der Waals surface area contributed by atoms with E-state index in [4.69, 9.17) is 9.47 Å². The van der Waals surface area contributed by atoms with Gasteiger partial charge in [-0.3, -0.25) is 4.79 Å². The molecule has 3 rings (SSSR count). The van der Waals surface area contributed by atoms with Gasteiger partial charge in [-0.05, 0) is 51.9 Å². The molecule has 0 radical (unpaired) electrons. The minimum atomic E-state index is -0.183. The van der Waals surface area contributed by atoms with Crippen molar-refractivity contribution < 1.29 is 14.3 Å². The van der Waals surface area contributed by atoms with E-state index < -0.39 is 0 Å². The molecule has 2 aliphatic heterocycles. The standard InChI is InChI=1S/C17H28O3/c1-13(2)6-5-7-17-9-8-16(12-20-17,14(3)10-17)11-19-15(4)18/h6,14H,5,7-12H2,1-4H3/t14-,16-,17+/m0/s1. The third-order valence-corrected chi connectivity index (χ3v) is 5.18. The molecule has 3 nitrogen and oxygen atoms in total. The fourth-order valence-corrected chi connectivity index (χ4v) is 3.67. The molecule has 3 fully saturated rings. The Hall–Kier alpha value is -0.830. The number of fused-ring (bicyclic) bond motifs is 3. The number of carbonyl (C=O) groups is 1. The van der Waals surface area contributed by atoms with E-state index in [0.29, 0.717) is 12.5 Å². The molecule has 0 unspecified atom stereocenters. The van der Waals surface area contributed by atoms with Crippen LogP contribution in [0.4, 0.5) is 0 Å². The Morgan fingerprint density at radius 1 is 1.35 bits per heavy atom. The highest BCUT2D eigenvalue weighted by Crippen LogP contribution is 2.54. The van der Waals surface area contributed by atoms with Crippen molar-refractivity contribution in [1.82, 2.24) is 0 Å². The van der Waals surface area contributed by atoms with Gasteiger partial charge in [-0.25, -0.2) is 0 Å². The Bertz CT molecular complexity index is 385. The van der Waals surface area contributed by atoms with Crippen LogP contribution in [0.25, 0.3) is 0 Å². The average Bonchev–Trinajstić information content (AvgIpc) is 2.37. The fourth-order valence-electron chi connectivity index (χ4n) is 3.67. The maximum atomic E-state index is 11.1. The molecule has 0 aromatic carbocycles. The predicted octanol–water partition coefficient (Wildman–Crippen LogP) is 3.87. The first-order chi connectivity index (χ1) is 9.38. The normalized spacial score (nSPS) is 35.7. The highest BCUT2D eigenvalue weighted by atomic mass is 16.5. The van der Waals surface area contributed by atoms with Crippen molar-refractivity contribution in [2.45, 2.75) is 65.4 Å². The van der Waals surface area contributed by atoms with Gasteiger partial charge in [0.15, 0.2) is 0 Å². The van der Waals surface area contributed by atoms with Crippen LogP contribution in [0, 0.1) is 11.3 Å². The monoisotopic (exact) mass is 280 g/mol. The number of allylic oxidation sites excluding steroid dienone is 2. The van der Waals surface area contributed by atoms with Gasteiger partial charge >= 0.3 is 5.97 Å². The molecule has 1 aliphatic carbocycles. The van der Waals surface area contributed by atoms with Gasteiger partial charge in [-0.1, -0.05) is 18.6 Å². The Labute approximate surface area is 122 Å². The van der Waals surface area contributed by atoms with Crippen molar-refractivity contribution in [2.75, 3.05) is 13.2 Å². The van der Waals surface area contributed by atoms with Crippen LogP contribution in [0.5, 0.6) is 0 Å². The summed E-state index contributed by atoms with van der Waals surface area (Å²) in [6.07, 6.45) is 7.85. The highest BCUT2D eigenvalue weighted by molar-refractivity contribution is 5.65. The summed E-state index contributed by atoms with van der Waals surface area (Å²) in [5.74, 6) is 0.383. The molecule has 0 amide bonds. The number of hydrogen-bond donors (Lipinski definition) is 0. The molecule has 0 N–H and O–H groups in total. The molecule has 114 valence electrons. The van der Waals surface area contributed by atoms with Gasteiger partial charge in [-0.15, -0.1) is 0 Å². The van der Waals surface area contributed by atoms with E-state index >= 15 is 0 Å². The summed E-state index contributed by atoms with van der Waals surface area (Å²) >= 11 is 0. The first-order valence-corrected chi connectivity index (χ1v) is 7.78. The van der Waals surface area contributed by atoms with Crippen LogP contribution in [-0.4, -0.2) is 24.8 Å². The van der Waals surface area contributed by atoms with Crippen molar-refractivity contribution in [1.29, 1.82) is 0 Å². The predicted molar refractivity (Wildman–Crippen MR) is 79.4 cm³/mol. The third-order valence-electron chi connectivity index (χ3n) is 5.18. The van der Waals surface area contributed by atoms with Gasteiger partial charge in [0, 0.05) is 12.3 Å². The van der Waals surface area contributed by atoms with E-state index in [0.717, 1.165) is 38.7 Å². The molecule has 2 heterocycles. The highest BCUT2D eigenvalue weighted by Gasteiger charge is 2.53. The lowest BCUT2D eigenvalue weighted by Crippen LogP contribution is -2.57. The van der Waals surface area contributed by atoms with E-state index in [2.05, 4.69) is 26.8 Å². The molecule has 3 heteroatoms. The van der Waals surface area contributed by atoms with E-state index in [1.807, 2.05) is 0 Å². The summed E-state index contributed by atoms with van der Waals surface area (Å²) in [7, 11) is 0. The summed E-state index contributed by atoms with van der Waals surface area (Å²) in [5.41, 5.74) is 1.51. The van der Waals surface area contributed by atoms with E-state index in [-0.39, 0.29) is 17.0 Å². The smallest absolute Gasteiger partial charge is 0.302 e. The lowest BCUT2D eigenvalue weighted by atomic mass is 9.59. The molecule has 2 bridgehead atoms. The van der Waals surface area contributed by atoms with E-state index in [1.165, 1.54) is 12.5 Å². The molecule has 1 saturated carbocycles. The molecular formula is C17H28O3. The van der Waals surface area contributed by atoms with Gasteiger partial charge in [-0.2, -0.15) is 0 Å². The van der Waals surface area contributed by atoms with E-state index in [9.17, 15) is 4.79 Å². The summed E-state index contributed by atoms with van der Waals surface area (Å²) in [4.78, 5) is 11.1. The van der Waals surface area contributed by atoms with Crippen LogP contribution >= 0.6 is 0 Å². The topological polar surface area (TPSA) is 35.5 Å². The van der Waals surface area contributed by atoms with Crippen LogP contribution in [0.1, 0.15) is 59.8 Å². The largest absolute Gasteiger partial charge is 0.465 e. The SMILES string of the molecule is CC(=O)OC[C@]12CC[C@](CCC=C(C)C)(C[C@@H]1C)OC2. The number of hydrogen-bond acceptors (Lipinski definition) is 3. The summed E-state index contributed by atoms with van der Waals surface area (Å²) < 4.78 is 11.5. The quantitative estimate of drug-likeness (QED) is 0.566. The van der Waals surface area contributed by atoms with E-state index in [1.54, 1.807) is 0 Å². The van der Waals surface area contributed by atoms with Crippen LogP contribution in [-0.2, 0) is 14.3 Å². The Morgan fingerprint density at radius 3 is 2.60 bits per heavy atom. The van der Waals surface area contributed by atoms with Crippen molar-refractivity contribution in [2.24, 2.45) is 11.3 Å².